The van der Waals surface area contributed by atoms with Crippen LogP contribution in [0.1, 0.15) is 23.6 Å². The lowest BCUT2D eigenvalue weighted by Crippen LogP contribution is -2.34. The number of hydrogen-bond donors (Lipinski definition) is 1. The average molecular weight is 316 g/mol. The minimum Gasteiger partial charge on any atom is -0.337 e. The summed E-state index contributed by atoms with van der Waals surface area (Å²) in [5.74, 6) is 0.156. The largest absolute Gasteiger partial charge is 0.337 e. The van der Waals surface area contributed by atoms with E-state index in [0.717, 1.165) is 11.1 Å². The number of benzene rings is 1. The summed E-state index contributed by atoms with van der Waals surface area (Å²) in [6.07, 6.45) is 4.10. The molecule has 1 amide bonds. The van der Waals surface area contributed by atoms with Gasteiger partial charge in [0.25, 0.3) is 0 Å². The highest BCUT2D eigenvalue weighted by atomic mass is 35.5. The molecule has 22 heavy (non-hydrogen) atoms. The summed E-state index contributed by atoms with van der Waals surface area (Å²) in [7, 11) is 1.85. The van der Waals surface area contributed by atoms with Gasteiger partial charge < -0.3 is 10.2 Å². The lowest BCUT2D eigenvalue weighted by atomic mass is 10.00. The van der Waals surface area contributed by atoms with Crippen molar-refractivity contribution in [3.63, 3.8) is 0 Å². The van der Waals surface area contributed by atoms with E-state index in [4.69, 9.17) is 11.6 Å². The van der Waals surface area contributed by atoms with Gasteiger partial charge in [-0.1, -0.05) is 29.8 Å². The number of likely N-dealkylation sites (N-methyl/N-ethyl adjacent to an activating group) is 1. The van der Waals surface area contributed by atoms with Crippen molar-refractivity contribution in [1.29, 1.82) is 0 Å². The molecule has 114 valence electrons. The quantitative estimate of drug-likeness (QED) is 0.943. The Hall–Kier alpha value is -1.91. The van der Waals surface area contributed by atoms with E-state index < -0.39 is 0 Å². The molecular weight excluding hydrogens is 298 g/mol. The first-order valence-electron chi connectivity index (χ1n) is 7.28. The molecule has 0 bridgehead atoms. The molecule has 0 aliphatic carbocycles. The summed E-state index contributed by atoms with van der Waals surface area (Å²) in [6.45, 7) is 0.698. The topological polar surface area (TPSA) is 45.2 Å². The smallest absolute Gasteiger partial charge is 0.224 e. The summed E-state index contributed by atoms with van der Waals surface area (Å²) >= 11 is 5.96. The van der Waals surface area contributed by atoms with Gasteiger partial charge in [0.15, 0.2) is 0 Å². The molecule has 2 atom stereocenters. The molecule has 5 heteroatoms. The fraction of sp³-hybridized carbons (Fsp3) is 0.294. The van der Waals surface area contributed by atoms with E-state index in [-0.39, 0.29) is 18.0 Å². The van der Waals surface area contributed by atoms with Gasteiger partial charge in [-0.3, -0.25) is 9.78 Å². The van der Waals surface area contributed by atoms with Crippen LogP contribution in [0.5, 0.6) is 0 Å². The maximum Gasteiger partial charge on any atom is 0.224 e. The number of aromatic nitrogens is 1. The van der Waals surface area contributed by atoms with E-state index in [0.29, 0.717) is 18.0 Å². The zero-order valence-corrected chi connectivity index (χ0v) is 13.1. The molecule has 1 saturated heterocycles. The molecule has 4 nitrogen and oxygen atoms in total. The third-order valence-corrected chi connectivity index (χ3v) is 4.34. The number of carbonyl (C=O) groups is 1. The molecule has 2 heterocycles. The van der Waals surface area contributed by atoms with Gasteiger partial charge >= 0.3 is 0 Å². The molecule has 1 aromatic heterocycles. The molecule has 1 aliphatic heterocycles. The monoisotopic (exact) mass is 315 g/mol. The summed E-state index contributed by atoms with van der Waals surface area (Å²) in [4.78, 5) is 18.0. The van der Waals surface area contributed by atoms with Crippen LogP contribution in [0.15, 0.2) is 48.8 Å². The Kier molecular flexibility index (Phi) is 4.41. The van der Waals surface area contributed by atoms with Gasteiger partial charge in [0.2, 0.25) is 5.91 Å². The van der Waals surface area contributed by atoms with Crippen molar-refractivity contribution in [2.75, 3.05) is 7.05 Å². The molecular formula is C17H18ClN3O. The molecule has 0 radical (unpaired) electrons. The number of likely N-dealkylation sites (tertiary alicyclic amines) is 1. The van der Waals surface area contributed by atoms with Gasteiger partial charge in [-0.05, 0) is 29.3 Å². The summed E-state index contributed by atoms with van der Waals surface area (Å²) in [5, 5.41) is 4.19. The van der Waals surface area contributed by atoms with E-state index in [1.165, 1.54) is 0 Å². The number of pyridine rings is 1. The fourth-order valence-corrected chi connectivity index (χ4v) is 3.05. The number of rotatable bonds is 4. The molecule has 3 rings (SSSR count). The van der Waals surface area contributed by atoms with Crippen LogP contribution < -0.4 is 5.32 Å². The normalized spacial score (nSPS) is 21.4. The summed E-state index contributed by atoms with van der Waals surface area (Å²) in [6, 6.07) is 11.8. The van der Waals surface area contributed by atoms with Gasteiger partial charge in [-0.25, -0.2) is 0 Å². The predicted molar refractivity (Wildman–Crippen MR) is 86.4 cm³/mol. The van der Waals surface area contributed by atoms with Crippen LogP contribution in [0.4, 0.5) is 0 Å². The van der Waals surface area contributed by atoms with Gasteiger partial charge in [-0.15, -0.1) is 0 Å². The SMILES string of the molecule is CN1C(=O)C[C@H](NCc2cccnc2)[C@H]1c1ccc(Cl)cc1. The molecule has 0 unspecified atom stereocenters. The van der Waals surface area contributed by atoms with Gasteiger partial charge in [-0.2, -0.15) is 0 Å². The second kappa shape index (κ2) is 6.46. The molecule has 1 aliphatic rings. The highest BCUT2D eigenvalue weighted by Crippen LogP contribution is 2.32. The molecule has 2 aromatic rings. The number of hydrogen-bond acceptors (Lipinski definition) is 3. The molecule has 0 saturated carbocycles. The Labute approximate surface area is 135 Å². The van der Waals surface area contributed by atoms with Crippen molar-refractivity contribution in [3.8, 4) is 0 Å². The van der Waals surface area contributed by atoms with Crippen LogP contribution in [-0.2, 0) is 11.3 Å². The van der Waals surface area contributed by atoms with E-state index in [1.54, 1.807) is 6.20 Å². The van der Waals surface area contributed by atoms with Crippen LogP contribution in [-0.4, -0.2) is 28.9 Å². The Balaban J connectivity index is 1.76. The van der Waals surface area contributed by atoms with Crippen LogP contribution in [0, 0.1) is 0 Å². The van der Waals surface area contributed by atoms with Crippen molar-refractivity contribution in [1.82, 2.24) is 15.2 Å². The zero-order chi connectivity index (χ0) is 15.5. The Bertz CT molecular complexity index is 645. The first-order chi connectivity index (χ1) is 10.6. The number of carbonyl (C=O) groups excluding carboxylic acids is 1. The maximum atomic E-state index is 12.1. The van der Waals surface area contributed by atoms with Crippen molar-refractivity contribution in [2.45, 2.75) is 25.0 Å². The summed E-state index contributed by atoms with van der Waals surface area (Å²) < 4.78 is 0. The number of halogens is 1. The fourth-order valence-electron chi connectivity index (χ4n) is 2.92. The zero-order valence-electron chi connectivity index (χ0n) is 12.4. The number of nitrogens with zero attached hydrogens (tertiary/aromatic N) is 2. The first-order valence-corrected chi connectivity index (χ1v) is 7.66. The molecule has 1 aromatic carbocycles. The van der Waals surface area contributed by atoms with E-state index >= 15 is 0 Å². The van der Waals surface area contributed by atoms with Crippen LogP contribution in [0.2, 0.25) is 5.02 Å². The second-order valence-electron chi connectivity index (χ2n) is 5.55. The summed E-state index contributed by atoms with van der Waals surface area (Å²) in [5.41, 5.74) is 2.21. The van der Waals surface area contributed by atoms with E-state index in [2.05, 4.69) is 10.3 Å². The third-order valence-electron chi connectivity index (χ3n) is 4.09. The first kappa shape index (κ1) is 15.0. The van der Waals surface area contributed by atoms with Crippen molar-refractivity contribution in [3.05, 3.63) is 64.9 Å². The molecule has 0 spiro atoms. The predicted octanol–water partition coefficient (Wildman–Crippen LogP) is 2.80. The van der Waals surface area contributed by atoms with E-state index in [1.807, 2.05) is 54.5 Å². The van der Waals surface area contributed by atoms with E-state index in [9.17, 15) is 4.79 Å². The third kappa shape index (κ3) is 3.13. The molecule has 1 fully saturated rings. The van der Waals surface area contributed by atoms with Crippen molar-refractivity contribution in [2.24, 2.45) is 0 Å². The van der Waals surface area contributed by atoms with Crippen LogP contribution in [0.3, 0.4) is 0 Å². The highest BCUT2D eigenvalue weighted by Gasteiger charge is 2.38. The Morgan fingerprint density at radius 1 is 1.32 bits per heavy atom. The second-order valence-corrected chi connectivity index (χ2v) is 5.99. The molecule has 1 N–H and O–H groups in total. The highest BCUT2D eigenvalue weighted by molar-refractivity contribution is 6.30. The number of nitrogens with one attached hydrogen (secondary N) is 1. The van der Waals surface area contributed by atoms with Crippen LogP contribution in [0.25, 0.3) is 0 Å². The van der Waals surface area contributed by atoms with Crippen LogP contribution >= 0.6 is 11.6 Å². The van der Waals surface area contributed by atoms with Crippen molar-refractivity contribution < 1.29 is 4.79 Å². The van der Waals surface area contributed by atoms with Gasteiger partial charge in [0, 0.05) is 43.5 Å². The Morgan fingerprint density at radius 2 is 2.09 bits per heavy atom. The number of amides is 1. The maximum absolute atomic E-state index is 12.1. The van der Waals surface area contributed by atoms with Gasteiger partial charge in [0.05, 0.1) is 6.04 Å². The lowest BCUT2D eigenvalue weighted by Gasteiger charge is -2.26. The lowest BCUT2D eigenvalue weighted by molar-refractivity contribution is -0.127. The minimum absolute atomic E-state index is 0.0291. The Morgan fingerprint density at radius 3 is 2.77 bits per heavy atom. The van der Waals surface area contributed by atoms with Gasteiger partial charge in [0.1, 0.15) is 0 Å². The average Bonchev–Trinajstić information content (AvgIpc) is 2.82. The minimum atomic E-state index is 0.0291. The standard InChI is InChI=1S/C17H18ClN3O/c1-21-16(22)9-15(20-11-12-3-2-8-19-10-12)17(21)13-4-6-14(18)7-5-13/h2-8,10,15,17,20H,9,11H2,1H3/t15-,17+/m0/s1. The van der Waals surface area contributed by atoms with Crippen molar-refractivity contribution >= 4 is 17.5 Å².